The van der Waals surface area contributed by atoms with E-state index in [0.717, 1.165) is 24.5 Å². The van der Waals surface area contributed by atoms with Crippen LogP contribution in [-0.2, 0) is 6.42 Å². The minimum Gasteiger partial charge on any atom is -0.542 e. The molecule has 0 atom stereocenters. The number of aliphatic imine (C=N–C) groups is 1. The van der Waals surface area contributed by atoms with Crippen molar-refractivity contribution in [3.63, 3.8) is 0 Å². The van der Waals surface area contributed by atoms with Gasteiger partial charge in [0.25, 0.3) is 0 Å². The topological polar surface area (TPSA) is 30.8 Å². The number of rotatable bonds is 4. The average molecular weight is 308 g/mol. The van der Waals surface area contributed by atoms with E-state index in [9.17, 15) is 0 Å². The van der Waals surface area contributed by atoms with Crippen molar-refractivity contribution in [1.29, 1.82) is 0 Å². The minimum absolute atomic E-state index is 0.869. The van der Waals surface area contributed by atoms with Crippen LogP contribution in [0.1, 0.15) is 11.1 Å². The highest BCUT2D eigenvalue weighted by molar-refractivity contribution is 6.71. The lowest BCUT2D eigenvalue weighted by atomic mass is 10.0. The van der Waals surface area contributed by atoms with E-state index in [0.29, 0.717) is 0 Å². The van der Waals surface area contributed by atoms with Crippen LogP contribution in [0.3, 0.4) is 0 Å². The van der Waals surface area contributed by atoms with Gasteiger partial charge in [0, 0.05) is 12.8 Å². The number of nitrogens with zero attached hydrogens (tertiary/aromatic N) is 1. The Morgan fingerprint density at radius 3 is 2.00 bits per heavy atom. The quantitative estimate of drug-likeness (QED) is 0.784. The Labute approximate surface area is 124 Å². The molecule has 0 saturated carbocycles. The summed E-state index contributed by atoms with van der Waals surface area (Å²) in [7, 11) is -3.31. The molecule has 0 saturated heterocycles. The molecule has 2 rings (SSSR count). The molecule has 110 valence electrons. The molecule has 0 N–H and O–H groups in total. The van der Waals surface area contributed by atoms with E-state index in [1.54, 1.807) is 0 Å². The van der Waals surface area contributed by atoms with E-state index in [1.807, 2.05) is 6.21 Å². The van der Waals surface area contributed by atoms with Gasteiger partial charge in [0.1, 0.15) is 11.5 Å². The van der Waals surface area contributed by atoms with Crippen molar-refractivity contribution in [1.82, 2.24) is 0 Å². The molecule has 0 fully saturated rings. The summed E-state index contributed by atoms with van der Waals surface area (Å²) in [6.45, 7) is 14.1. The SMILES string of the molecule is C[Si](C)(C)Oc1cc2c(cc1O[Si](C)(C)C)CCN=C2. The zero-order valence-electron chi connectivity index (χ0n) is 13.4. The smallest absolute Gasteiger partial charge is 0.242 e. The summed E-state index contributed by atoms with van der Waals surface area (Å²) in [5, 5.41) is 0. The number of hydrogen-bond donors (Lipinski definition) is 0. The van der Waals surface area contributed by atoms with Gasteiger partial charge in [0.05, 0.1) is 0 Å². The van der Waals surface area contributed by atoms with Crippen LogP contribution in [0.5, 0.6) is 11.5 Å². The van der Waals surface area contributed by atoms with E-state index in [4.69, 9.17) is 8.85 Å². The molecular weight excluding hydrogens is 282 g/mol. The standard InChI is InChI=1S/C15H25NO2Si2/c1-19(2,3)17-14-9-12-7-8-16-11-13(12)10-15(14)18-20(4,5)6/h9-11H,7-8H2,1-6H3. The molecule has 20 heavy (non-hydrogen) atoms. The molecule has 1 aromatic rings. The van der Waals surface area contributed by atoms with Gasteiger partial charge < -0.3 is 8.85 Å². The summed E-state index contributed by atoms with van der Waals surface area (Å²) in [5.41, 5.74) is 2.49. The van der Waals surface area contributed by atoms with Crippen LogP contribution in [0.15, 0.2) is 17.1 Å². The highest BCUT2D eigenvalue weighted by Crippen LogP contribution is 2.35. The summed E-state index contributed by atoms with van der Waals surface area (Å²) in [5.74, 6) is 1.80. The molecule has 1 aromatic carbocycles. The Balaban J connectivity index is 2.43. The summed E-state index contributed by atoms with van der Waals surface area (Å²) >= 11 is 0. The Morgan fingerprint density at radius 2 is 1.45 bits per heavy atom. The van der Waals surface area contributed by atoms with Crippen LogP contribution in [0.25, 0.3) is 0 Å². The molecule has 1 aliphatic rings. The maximum absolute atomic E-state index is 6.24. The monoisotopic (exact) mass is 307 g/mol. The van der Waals surface area contributed by atoms with E-state index in [-0.39, 0.29) is 0 Å². The van der Waals surface area contributed by atoms with Crippen molar-refractivity contribution in [2.75, 3.05) is 6.54 Å². The molecule has 0 bridgehead atoms. The van der Waals surface area contributed by atoms with Crippen molar-refractivity contribution in [2.45, 2.75) is 45.7 Å². The highest BCUT2D eigenvalue weighted by Gasteiger charge is 2.24. The van der Waals surface area contributed by atoms with Crippen molar-refractivity contribution in [3.8, 4) is 11.5 Å². The largest absolute Gasteiger partial charge is 0.542 e. The molecule has 0 radical (unpaired) electrons. The fourth-order valence-electron chi connectivity index (χ4n) is 2.12. The van der Waals surface area contributed by atoms with Gasteiger partial charge in [-0.05, 0) is 69.0 Å². The Bertz CT molecular complexity index is 528. The molecule has 0 amide bonds. The van der Waals surface area contributed by atoms with Gasteiger partial charge >= 0.3 is 0 Å². The first-order valence-corrected chi connectivity index (χ1v) is 14.0. The number of hydrogen-bond acceptors (Lipinski definition) is 3. The average Bonchev–Trinajstić information content (AvgIpc) is 2.26. The summed E-state index contributed by atoms with van der Waals surface area (Å²) in [4.78, 5) is 4.36. The van der Waals surface area contributed by atoms with Crippen LogP contribution in [0.2, 0.25) is 39.3 Å². The molecule has 0 aliphatic carbocycles. The van der Waals surface area contributed by atoms with Crippen LogP contribution in [0, 0.1) is 0 Å². The van der Waals surface area contributed by atoms with Crippen LogP contribution in [0.4, 0.5) is 0 Å². The second-order valence-electron chi connectivity index (χ2n) is 7.21. The van der Waals surface area contributed by atoms with Crippen LogP contribution < -0.4 is 8.85 Å². The van der Waals surface area contributed by atoms with E-state index >= 15 is 0 Å². The van der Waals surface area contributed by atoms with Gasteiger partial charge in [0.15, 0.2) is 0 Å². The predicted molar refractivity (Wildman–Crippen MR) is 90.6 cm³/mol. The second-order valence-corrected chi connectivity index (χ2v) is 16.1. The van der Waals surface area contributed by atoms with Gasteiger partial charge in [-0.15, -0.1) is 0 Å². The lowest BCUT2D eigenvalue weighted by Crippen LogP contribution is -2.32. The molecule has 1 aliphatic heterocycles. The third-order valence-corrected chi connectivity index (χ3v) is 4.44. The zero-order chi connectivity index (χ0) is 15.0. The van der Waals surface area contributed by atoms with Gasteiger partial charge in [-0.3, -0.25) is 4.99 Å². The number of fused-ring (bicyclic) bond motifs is 1. The van der Waals surface area contributed by atoms with Gasteiger partial charge in [-0.25, -0.2) is 0 Å². The van der Waals surface area contributed by atoms with E-state index in [1.165, 1.54) is 11.1 Å². The van der Waals surface area contributed by atoms with E-state index < -0.39 is 16.6 Å². The normalized spacial score (nSPS) is 14.9. The second kappa shape index (κ2) is 5.37. The molecule has 0 aromatic heterocycles. The lowest BCUT2D eigenvalue weighted by Gasteiger charge is -2.27. The van der Waals surface area contributed by atoms with Gasteiger partial charge in [-0.1, -0.05) is 0 Å². The van der Waals surface area contributed by atoms with Crippen molar-refractivity contribution in [2.24, 2.45) is 4.99 Å². The minimum atomic E-state index is -1.66. The van der Waals surface area contributed by atoms with Crippen LogP contribution in [-0.4, -0.2) is 29.4 Å². The zero-order valence-corrected chi connectivity index (χ0v) is 15.4. The molecule has 1 heterocycles. The van der Waals surface area contributed by atoms with Gasteiger partial charge in [0.2, 0.25) is 16.6 Å². The van der Waals surface area contributed by atoms with Crippen molar-refractivity contribution < 1.29 is 8.85 Å². The lowest BCUT2D eigenvalue weighted by molar-refractivity contribution is 0.488. The molecule has 3 nitrogen and oxygen atoms in total. The maximum Gasteiger partial charge on any atom is 0.242 e. The Kier molecular flexibility index (Phi) is 4.11. The molecule has 0 unspecified atom stereocenters. The molecule has 5 heteroatoms. The molecule has 0 spiro atoms. The van der Waals surface area contributed by atoms with Crippen molar-refractivity contribution in [3.05, 3.63) is 23.3 Å². The molecular formula is C15H25NO2Si2. The first kappa shape index (κ1) is 15.3. The first-order valence-electron chi connectivity index (χ1n) is 7.19. The Hall–Kier alpha value is -1.08. The first-order chi connectivity index (χ1) is 9.14. The third-order valence-electron chi connectivity index (χ3n) is 2.78. The predicted octanol–water partition coefficient (Wildman–Crippen LogP) is 4.09. The summed E-state index contributed by atoms with van der Waals surface area (Å²) in [6.07, 6.45) is 2.94. The fraction of sp³-hybridized carbons (Fsp3) is 0.533. The van der Waals surface area contributed by atoms with Crippen LogP contribution >= 0.6 is 0 Å². The van der Waals surface area contributed by atoms with Crippen molar-refractivity contribution >= 4 is 22.8 Å². The number of benzene rings is 1. The van der Waals surface area contributed by atoms with Gasteiger partial charge in [-0.2, -0.15) is 0 Å². The summed E-state index contributed by atoms with van der Waals surface area (Å²) in [6, 6.07) is 4.26. The third kappa shape index (κ3) is 4.21. The van der Waals surface area contributed by atoms with E-state index in [2.05, 4.69) is 56.4 Å². The maximum atomic E-state index is 6.24. The fourth-order valence-corrected chi connectivity index (χ4v) is 3.76. The summed E-state index contributed by atoms with van der Waals surface area (Å²) < 4.78 is 12.5. The highest BCUT2D eigenvalue weighted by atomic mass is 28.4. The Morgan fingerprint density at radius 1 is 0.900 bits per heavy atom.